The van der Waals surface area contributed by atoms with Gasteiger partial charge in [-0.25, -0.2) is 21.5 Å². The fourth-order valence-corrected chi connectivity index (χ4v) is 5.04. The van der Waals surface area contributed by atoms with Gasteiger partial charge < -0.3 is 5.11 Å². The third kappa shape index (κ3) is 3.36. The van der Waals surface area contributed by atoms with E-state index in [1.165, 1.54) is 6.92 Å². The molecule has 2 fully saturated rings. The molecule has 1 heterocycles. The maximum absolute atomic E-state index is 13.8. The standard InChI is InChI=1S/C13H21F2NO4S/c1-12(11(17)18)6-7-16(9-12)21(19,20)8-10-4-2-3-5-13(10,14)15/h10H,2-9H2,1H3,(H,17,18). The number of halogens is 2. The van der Waals surface area contributed by atoms with E-state index >= 15 is 0 Å². The zero-order valence-corrected chi connectivity index (χ0v) is 12.8. The molecule has 21 heavy (non-hydrogen) atoms. The van der Waals surface area contributed by atoms with Crippen molar-refractivity contribution in [2.75, 3.05) is 18.8 Å². The van der Waals surface area contributed by atoms with Crippen LogP contribution in [0.2, 0.25) is 0 Å². The van der Waals surface area contributed by atoms with Crippen LogP contribution in [0, 0.1) is 11.3 Å². The number of carboxylic acid groups (broad SMARTS) is 1. The van der Waals surface area contributed by atoms with Crippen molar-refractivity contribution in [3.05, 3.63) is 0 Å². The summed E-state index contributed by atoms with van der Waals surface area (Å²) in [6.07, 6.45) is 1.19. The van der Waals surface area contributed by atoms with Crippen LogP contribution < -0.4 is 0 Å². The second-order valence-corrected chi connectivity index (χ2v) is 8.45. The first kappa shape index (κ1) is 16.6. The summed E-state index contributed by atoms with van der Waals surface area (Å²) in [6.45, 7) is 1.44. The Kier molecular flexibility index (Phi) is 4.32. The maximum atomic E-state index is 13.8. The van der Waals surface area contributed by atoms with Gasteiger partial charge in [0.05, 0.1) is 11.2 Å². The SMILES string of the molecule is CC1(C(=O)O)CCN(S(=O)(=O)CC2CCCCC2(F)F)C1. The Balaban J connectivity index is 2.08. The van der Waals surface area contributed by atoms with Crippen LogP contribution in [0.15, 0.2) is 0 Å². The van der Waals surface area contributed by atoms with Crippen molar-refractivity contribution >= 4 is 16.0 Å². The van der Waals surface area contributed by atoms with E-state index in [1.807, 2.05) is 0 Å². The normalized spacial score (nSPS) is 34.0. The zero-order valence-electron chi connectivity index (χ0n) is 12.0. The first-order chi connectivity index (χ1) is 9.57. The molecule has 0 aromatic rings. The van der Waals surface area contributed by atoms with Gasteiger partial charge in [0.2, 0.25) is 10.0 Å². The highest BCUT2D eigenvalue weighted by atomic mass is 32.2. The van der Waals surface area contributed by atoms with Gasteiger partial charge in [-0.1, -0.05) is 6.42 Å². The molecular formula is C13H21F2NO4S. The number of nitrogens with zero attached hydrogens (tertiary/aromatic N) is 1. The van der Waals surface area contributed by atoms with Gasteiger partial charge in [0, 0.05) is 25.4 Å². The van der Waals surface area contributed by atoms with Crippen molar-refractivity contribution in [1.29, 1.82) is 0 Å². The monoisotopic (exact) mass is 325 g/mol. The lowest BCUT2D eigenvalue weighted by molar-refractivity contribution is -0.146. The molecule has 122 valence electrons. The average molecular weight is 325 g/mol. The van der Waals surface area contributed by atoms with Gasteiger partial charge in [-0.05, 0) is 26.2 Å². The van der Waals surface area contributed by atoms with E-state index < -0.39 is 39.0 Å². The number of carbonyl (C=O) groups is 1. The first-order valence-electron chi connectivity index (χ1n) is 7.16. The highest BCUT2D eigenvalue weighted by Crippen LogP contribution is 2.40. The second-order valence-electron chi connectivity index (χ2n) is 6.43. The number of hydrogen-bond donors (Lipinski definition) is 1. The third-order valence-electron chi connectivity index (χ3n) is 4.67. The number of sulfonamides is 1. The fourth-order valence-electron chi connectivity index (χ4n) is 3.06. The Morgan fingerprint density at radius 1 is 1.33 bits per heavy atom. The molecule has 1 N–H and O–H groups in total. The molecule has 0 amide bonds. The Morgan fingerprint density at radius 2 is 2.00 bits per heavy atom. The molecule has 1 saturated carbocycles. The van der Waals surface area contributed by atoms with Crippen molar-refractivity contribution in [2.45, 2.75) is 45.0 Å². The molecule has 2 rings (SSSR count). The summed E-state index contributed by atoms with van der Waals surface area (Å²) in [7, 11) is -3.85. The smallest absolute Gasteiger partial charge is 0.310 e. The number of carboxylic acids is 1. The van der Waals surface area contributed by atoms with Gasteiger partial charge in [-0.2, -0.15) is 0 Å². The quantitative estimate of drug-likeness (QED) is 0.857. The van der Waals surface area contributed by atoms with Gasteiger partial charge in [-0.15, -0.1) is 0 Å². The molecule has 2 aliphatic rings. The van der Waals surface area contributed by atoms with E-state index in [9.17, 15) is 22.0 Å². The summed E-state index contributed by atoms with van der Waals surface area (Å²) in [4.78, 5) is 11.1. The lowest BCUT2D eigenvalue weighted by Crippen LogP contribution is -2.42. The lowest BCUT2D eigenvalue weighted by atomic mass is 9.87. The van der Waals surface area contributed by atoms with Crippen LogP contribution in [0.3, 0.4) is 0 Å². The number of hydrogen-bond acceptors (Lipinski definition) is 3. The van der Waals surface area contributed by atoms with Crippen molar-refractivity contribution in [1.82, 2.24) is 4.31 Å². The Hall–Kier alpha value is -0.760. The van der Waals surface area contributed by atoms with E-state index in [1.54, 1.807) is 0 Å². The molecule has 0 aromatic carbocycles. The molecule has 0 bridgehead atoms. The molecule has 0 spiro atoms. The summed E-state index contributed by atoms with van der Waals surface area (Å²) in [5.41, 5.74) is -1.12. The van der Waals surface area contributed by atoms with E-state index in [2.05, 4.69) is 0 Å². The van der Waals surface area contributed by atoms with Crippen molar-refractivity contribution in [3.63, 3.8) is 0 Å². The first-order valence-corrected chi connectivity index (χ1v) is 8.77. The van der Waals surface area contributed by atoms with Crippen LogP contribution in [0.5, 0.6) is 0 Å². The van der Waals surface area contributed by atoms with Gasteiger partial charge in [-0.3, -0.25) is 4.79 Å². The molecule has 8 heteroatoms. The highest BCUT2D eigenvalue weighted by molar-refractivity contribution is 7.89. The van der Waals surface area contributed by atoms with Crippen LogP contribution in [-0.2, 0) is 14.8 Å². The number of alkyl halides is 2. The van der Waals surface area contributed by atoms with Crippen molar-refractivity contribution < 1.29 is 27.1 Å². The molecule has 2 unspecified atom stereocenters. The largest absolute Gasteiger partial charge is 0.481 e. The molecule has 2 atom stereocenters. The molecule has 1 saturated heterocycles. The van der Waals surface area contributed by atoms with E-state index in [0.29, 0.717) is 12.8 Å². The number of rotatable bonds is 4. The minimum atomic E-state index is -3.85. The average Bonchev–Trinajstić information content (AvgIpc) is 2.77. The Morgan fingerprint density at radius 3 is 2.52 bits per heavy atom. The fraction of sp³-hybridized carbons (Fsp3) is 0.923. The van der Waals surface area contributed by atoms with Gasteiger partial charge in [0.25, 0.3) is 5.92 Å². The number of aliphatic carboxylic acids is 1. The predicted octanol–water partition coefficient (Wildman–Crippen LogP) is 1.94. The van der Waals surface area contributed by atoms with Crippen LogP contribution in [0.1, 0.15) is 39.0 Å². The van der Waals surface area contributed by atoms with Crippen LogP contribution >= 0.6 is 0 Å². The summed E-state index contributed by atoms with van der Waals surface area (Å²) < 4.78 is 53.2. The van der Waals surface area contributed by atoms with Crippen molar-refractivity contribution in [2.24, 2.45) is 11.3 Å². The summed E-state index contributed by atoms with van der Waals surface area (Å²) in [5, 5.41) is 9.12. The third-order valence-corrected chi connectivity index (χ3v) is 6.59. The van der Waals surface area contributed by atoms with E-state index in [-0.39, 0.29) is 32.4 Å². The zero-order chi connectivity index (χ0) is 15.9. The Bertz CT molecular complexity index is 522. The topological polar surface area (TPSA) is 74.7 Å². The minimum absolute atomic E-state index is 0.0867. The van der Waals surface area contributed by atoms with Crippen LogP contribution in [0.4, 0.5) is 8.78 Å². The molecule has 1 aliphatic heterocycles. The van der Waals surface area contributed by atoms with Crippen molar-refractivity contribution in [3.8, 4) is 0 Å². The lowest BCUT2D eigenvalue weighted by Gasteiger charge is -2.32. The molecular weight excluding hydrogens is 304 g/mol. The summed E-state index contributed by atoms with van der Waals surface area (Å²) in [5.74, 6) is -5.74. The van der Waals surface area contributed by atoms with E-state index in [0.717, 1.165) is 4.31 Å². The molecule has 5 nitrogen and oxygen atoms in total. The van der Waals surface area contributed by atoms with Gasteiger partial charge in [0.1, 0.15) is 0 Å². The molecule has 0 aromatic heterocycles. The summed E-state index contributed by atoms with van der Waals surface area (Å²) in [6, 6.07) is 0. The maximum Gasteiger partial charge on any atom is 0.310 e. The highest BCUT2D eigenvalue weighted by Gasteiger charge is 2.48. The minimum Gasteiger partial charge on any atom is -0.481 e. The van der Waals surface area contributed by atoms with E-state index in [4.69, 9.17) is 5.11 Å². The van der Waals surface area contributed by atoms with Crippen LogP contribution in [0.25, 0.3) is 0 Å². The summed E-state index contributed by atoms with van der Waals surface area (Å²) >= 11 is 0. The predicted molar refractivity (Wildman–Crippen MR) is 72.6 cm³/mol. The van der Waals surface area contributed by atoms with Crippen LogP contribution in [-0.4, -0.2) is 48.6 Å². The Labute approximate surface area is 123 Å². The second kappa shape index (κ2) is 5.46. The molecule has 0 radical (unpaired) electrons. The molecule has 1 aliphatic carbocycles. The van der Waals surface area contributed by atoms with Gasteiger partial charge in [0.15, 0.2) is 0 Å². The van der Waals surface area contributed by atoms with Gasteiger partial charge >= 0.3 is 5.97 Å².